The van der Waals surface area contributed by atoms with Crippen LogP contribution in [0.1, 0.15) is 5.56 Å². The first-order valence-corrected chi connectivity index (χ1v) is 8.14. The third kappa shape index (κ3) is 5.55. The minimum atomic E-state index is -0.666. The highest BCUT2D eigenvalue weighted by atomic mass is 127. The first-order valence-electron chi connectivity index (χ1n) is 7.06. The summed E-state index contributed by atoms with van der Waals surface area (Å²) in [6.07, 6.45) is 0.645. The maximum atomic E-state index is 11.8. The zero-order valence-electron chi connectivity index (χ0n) is 12.6. The van der Waals surface area contributed by atoms with E-state index in [2.05, 4.69) is 33.2 Å². The molecule has 0 fully saturated rings. The van der Waals surface area contributed by atoms with Crippen LogP contribution in [0.5, 0.6) is 5.75 Å². The normalized spacial score (nSPS) is 10.0. The number of ether oxygens (including phenoxy) is 1. The van der Waals surface area contributed by atoms with E-state index >= 15 is 0 Å². The van der Waals surface area contributed by atoms with E-state index < -0.39 is 11.8 Å². The Morgan fingerprint density at radius 2 is 1.65 bits per heavy atom. The summed E-state index contributed by atoms with van der Waals surface area (Å²) in [5, 5.41) is 5.17. The molecule has 120 valence electrons. The van der Waals surface area contributed by atoms with Gasteiger partial charge in [0.15, 0.2) is 0 Å². The second-order valence-corrected chi connectivity index (χ2v) is 6.06. The maximum Gasteiger partial charge on any atom is 0.313 e. The fourth-order valence-corrected chi connectivity index (χ4v) is 2.27. The lowest BCUT2D eigenvalue weighted by Gasteiger charge is -2.07. The molecule has 2 rings (SSSR count). The summed E-state index contributed by atoms with van der Waals surface area (Å²) in [5.41, 5.74) is 1.66. The van der Waals surface area contributed by atoms with Crippen LogP contribution in [-0.4, -0.2) is 25.5 Å². The maximum absolute atomic E-state index is 11.8. The highest BCUT2D eigenvalue weighted by Crippen LogP contribution is 2.12. The monoisotopic (exact) mass is 424 g/mol. The lowest BCUT2D eigenvalue weighted by molar-refractivity contribution is -0.136. The van der Waals surface area contributed by atoms with Gasteiger partial charge in [0, 0.05) is 15.8 Å². The van der Waals surface area contributed by atoms with Crippen LogP contribution in [-0.2, 0) is 16.0 Å². The zero-order chi connectivity index (χ0) is 16.7. The molecule has 0 aliphatic rings. The van der Waals surface area contributed by atoms with E-state index in [0.29, 0.717) is 18.7 Å². The second kappa shape index (κ2) is 8.52. The van der Waals surface area contributed by atoms with Gasteiger partial charge in [0.05, 0.1) is 7.11 Å². The third-order valence-electron chi connectivity index (χ3n) is 3.17. The van der Waals surface area contributed by atoms with Crippen molar-refractivity contribution in [3.63, 3.8) is 0 Å². The summed E-state index contributed by atoms with van der Waals surface area (Å²) in [7, 11) is 1.61. The molecule has 0 bridgehead atoms. The number of rotatable bonds is 5. The number of halogens is 1. The number of nitrogens with one attached hydrogen (secondary N) is 2. The Labute approximate surface area is 148 Å². The molecule has 0 radical (unpaired) electrons. The van der Waals surface area contributed by atoms with E-state index in [-0.39, 0.29) is 0 Å². The highest BCUT2D eigenvalue weighted by Gasteiger charge is 2.12. The van der Waals surface area contributed by atoms with E-state index in [9.17, 15) is 9.59 Å². The number of anilines is 1. The third-order valence-corrected chi connectivity index (χ3v) is 3.89. The molecule has 5 nitrogen and oxygen atoms in total. The summed E-state index contributed by atoms with van der Waals surface area (Å²) >= 11 is 2.17. The Morgan fingerprint density at radius 3 is 2.26 bits per heavy atom. The molecular weight excluding hydrogens is 407 g/mol. The van der Waals surface area contributed by atoms with Crippen molar-refractivity contribution in [1.82, 2.24) is 5.32 Å². The topological polar surface area (TPSA) is 67.4 Å². The Bertz CT molecular complexity index is 669. The van der Waals surface area contributed by atoms with E-state index in [1.807, 2.05) is 36.4 Å². The molecule has 23 heavy (non-hydrogen) atoms. The van der Waals surface area contributed by atoms with Gasteiger partial charge in [-0.1, -0.05) is 12.1 Å². The Kier molecular flexibility index (Phi) is 6.40. The van der Waals surface area contributed by atoms with Crippen LogP contribution in [0.3, 0.4) is 0 Å². The summed E-state index contributed by atoms with van der Waals surface area (Å²) in [4.78, 5) is 23.5. The lowest BCUT2D eigenvalue weighted by atomic mass is 10.1. The molecule has 0 aliphatic carbocycles. The molecule has 0 spiro atoms. The molecule has 0 aromatic heterocycles. The summed E-state index contributed by atoms with van der Waals surface area (Å²) in [6.45, 7) is 0.394. The quantitative estimate of drug-likeness (QED) is 0.573. The van der Waals surface area contributed by atoms with Crippen LogP contribution in [0, 0.1) is 3.57 Å². The van der Waals surface area contributed by atoms with E-state index in [1.54, 1.807) is 19.2 Å². The number of hydrogen-bond acceptors (Lipinski definition) is 3. The van der Waals surface area contributed by atoms with Crippen LogP contribution < -0.4 is 15.4 Å². The molecule has 6 heteroatoms. The van der Waals surface area contributed by atoms with Crippen LogP contribution in [0.25, 0.3) is 0 Å². The van der Waals surface area contributed by atoms with Gasteiger partial charge >= 0.3 is 11.8 Å². The molecule has 2 aromatic rings. The first kappa shape index (κ1) is 17.3. The predicted octanol–water partition coefficient (Wildman–Crippen LogP) is 2.60. The number of carbonyl (C=O) groups excluding carboxylic acids is 2. The van der Waals surface area contributed by atoms with Crippen molar-refractivity contribution in [2.24, 2.45) is 0 Å². The van der Waals surface area contributed by atoms with Gasteiger partial charge < -0.3 is 15.4 Å². The zero-order valence-corrected chi connectivity index (χ0v) is 14.8. The van der Waals surface area contributed by atoms with Crippen molar-refractivity contribution >= 4 is 40.1 Å². The molecule has 0 atom stereocenters. The van der Waals surface area contributed by atoms with Gasteiger partial charge in [0.1, 0.15) is 5.75 Å². The van der Waals surface area contributed by atoms with Crippen molar-refractivity contribution in [3.05, 3.63) is 57.7 Å². The standard InChI is InChI=1S/C17H17IN2O3/c1-23-15-8-2-12(3-9-15)10-11-19-16(21)17(22)20-14-6-4-13(18)5-7-14/h2-9H,10-11H2,1H3,(H,19,21)(H,20,22). The van der Waals surface area contributed by atoms with Crippen molar-refractivity contribution in [3.8, 4) is 5.75 Å². The molecule has 2 N–H and O–H groups in total. The van der Waals surface area contributed by atoms with Crippen molar-refractivity contribution in [2.45, 2.75) is 6.42 Å². The van der Waals surface area contributed by atoms with Crippen LogP contribution in [0.2, 0.25) is 0 Å². The SMILES string of the molecule is COc1ccc(CCNC(=O)C(=O)Nc2ccc(I)cc2)cc1. The van der Waals surface area contributed by atoms with Gasteiger partial charge in [-0.3, -0.25) is 9.59 Å². The molecule has 0 saturated heterocycles. The number of carbonyl (C=O) groups is 2. The minimum absolute atomic E-state index is 0.394. The molecule has 0 heterocycles. The van der Waals surface area contributed by atoms with Crippen molar-refractivity contribution in [2.75, 3.05) is 19.0 Å². The molecule has 2 amide bonds. The Balaban J connectivity index is 1.77. The summed E-state index contributed by atoms with van der Waals surface area (Å²) in [5.74, 6) is -0.521. The molecule has 0 unspecified atom stereocenters. The predicted molar refractivity (Wildman–Crippen MR) is 97.5 cm³/mol. The average molecular weight is 424 g/mol. The lowest BCUT2D eigenvalue weighted by Crippen LogP contribution is -2.36. The van der Waals surface area contributed by atoms with Crippen LogP contribution in [0.4, 0.5) is 5.69 Å². The van der Waals surface area contributed by atoms with Crippen LogP contribution >= 0.6 is 22.6 Å². The number of benzene rings is 2. The van der Waals surface area contributed by atoms with E-state index in [4.69, 9.17) is 4.74 Å². The summed E-state index contributed by atoms with van der Waals surface area (Å²) < 4.78 is 6.14. The molecule has 0 saturated carbocycles. The van der Waals surface area contributed by atoms with Gasteiger partial charge in [-0.2, -0.15) is 0 Å². The van der Waals surface area contributed by atoms with Crippen LogP contribution in [0.15, 0.2) is 48.5 Å². The first-order chi connectivity index (χ1) is 11.1. The Morgan fingerprint density at radius 1 is 1.00 bits per heavy atom. The van der Waals surface area contributed by atoms with Crippen molar-refractivity contribution < 1.29 is 14.3 Å². The largest absolute Gasteiger partial charge is 0.497 e. The Hall–Kier alpha value is -2.09. The van der Waals surface area contributed by atoms with Gasteiger partial charge in [-0.25, -0.2) is 0 Å². The molecule has 0 aliphatic heterocycles. The second-order valence-electron chi connectivity index (χ2n) is 4.81. The fraction of sp³-hybridized carbons (Fsp3) is 0.176. The number of methoxy groups -OCH3 is 1. The van der Waals surface area contributed by atoms with E-state index in [1.165, 1.54) is 0 Å². The average Bonchev–Trinajstić information content (AvgIpc) is 2.57. The summed E-state index contributed by atoms with van der Waals surface area (Å²) in [6, 6.07) is 14.8. The fourth-order valence-electron chi connectivity index (χ4n) is 1.91. The highest BCUT2D eigenvalue weighted by molar-refractivity contribution is 14.1. The molecular formula is C17H17IN2O3. The molecule has 2 aromatic carbocycles. The van der Waals surface area contributed by atoms with Gasteiger partial charge in [-0.05, 0) is 71.0 Å². The number of hydrogen-bond donors (Lipinski definition) is 2. The van der Waals surface area contributed by atoms with E-state index in [0.717, 1.165) is 14.9 Å². The van der Waals surface area contributed by atoms with Gasteiger partial charge in [-0.15, -0.1) is 0 Å². The smallest absolute Gasteiger partial charge is 0.313 e. The van der Waals surface area contributed by atoms with Gasteiger partial charge in [0.25, 0.3) is 0 Å². The van der Waals surface area contributed by atoms with Crippen molar-refractivity contribution in [1.29, 1.82) is 0 Å². The number of amides is 2. The minimum Gasteiger partial charge on any atom is -0.497 e. The van der Waals surface area contributed by atoms with Gasteiger partial charge in [0.2, 0.25) is 0 Å².